The van der Waals surface area contributed by atoms with Crippen LogP contribution in [0.15, 0.2) is 6.07 Å². The van der Waals surface area contributed by atoms with Crippen LogP contribution < -0.4 is 5.32 Å². The highest BCUT2D eigenvalue weighted by Crippen LogP contribution is 2.12. The van der Waals surface area contributed by atoms with Crippen molar-refractivity contribution in [2.45, 2.75) is 6.92 Å². The van der Waals surface area contributed by atoms with Crippen molar-refractivity contribution in [3.63, 3.8) is 0 Å². The number of hydrogen-bond donors (Lipinski definition) is 1. The Labute approximate surface area is 108 Å². The summed E-state index contributed by atoms with van der Waals surface area (Å²) in [4.78, 5) is 34.0. The summed E-state index contributed by atoms with van der Waals surface area (Å²) in [5, 5.41) is 5.91. The average molecular weight is 271 g/mol. The van der Waals surface area contributed by atoms with E-state index in [1.807, 2.05) is 0 Å². The summed E-state index contributed by atoms with van der Waals surface area (Å²) in [6.07, 6.45) is -1.69. The molecular weight excluding hydrogens is 258 g/mol. The fourth-order valence-corrected chi connectivity index (χ4v) is 1.16. The van der Waals surface area contributed by atoms with Gasteiger partial charge in [0, 0.05) is 6.07 Å². The van der Waals surface area contributed by atoms with Crippen molar-refractivity contribution in [1.29, 1.82) is 0 Å². The van der Waals surface area contributed by atoms with Gasteiger partial charge in [0.1, 0.15) is 5.82 Å². The molecule has 0 atom stereocenters. The molecule has 0 aromatic carbocycles. The van der Waals surface area contributed by atoms with Gasteiger partial charge in [-0.05, 0) is 6.92 Å². The number of ether oxygens (including phenoxy) is 3. The smallest absolute Gasteiger partial charge is 0.436 e. The summed E-state index contributed by atoms with van der Waals surface area (Å²) >= 11 is 0. The number of nitrogens with zero attached hydrogens (tertiary/aromatic N) is 2. The number of hydrogen-bond acceptors (Lipinski definition) is 7. The molecule has 0 spiro atoms. The maximum Gasteiger partial charge on any atom is 0.436 e. The lowest BCUT2D eigenvalue weighted by Crippen LogP contribution is -2.20. The second kappa shape index (κ2) is 6.38. The van der Waals surface area contributed by atoms with Crippen LogP contribution in [0.4, 0.5) is 15.4 Å². The molecule has 9 heteroatoms. The van der Waals surface area contributed by atoms with Crippen LogP contribution in [-0.2, 0) is 14.2 Å². The molecule has 0 aliphatic heterocycles. The highest BCUT2D eigenvalue weighted by molar-refractivity contribution is 5.92. The Morgan fingerprint density at radius 2 is 2.00 bits per heavy atom. The van der Waals surface area contributed by atoms with E-state index >= 15 is 0 Å². The zero-order chi connectivity index (χ0) is 14.4. The van der Waals surface area contributed by atoms with Gasteiger partial charge < -0.3 is 14.2 Å². The summed E-state index contributed by atoms with van der Waals surface area (Å²) in [6, 6.07) is 1.17. The normalized spacial score (nSPS) is 9.63. The number of carbonyl (C=O) groups is 3. The first-order valence-electron chi connectivity index (χ1n) is 5.24. The van der Waals surface area contributed by atoms with Gasteiger partial charge in [0.2, 0.25) is 0 Å². The molecule has 0 radical (unpaired) electrons. The topological polar surface area (TPSA) is 109 Å². The van der Waals surface area contributed by atoms with Crippen molar-refractivity contribution in [1.82, 2.24) is 9.78 Å². The summed E-state index contributed by atoms with van der Waals surface area (Å²) in [7, 11) is 2.29. The molecule has 1 aromatic heterocycles. The molecule has 1 amide bonds. The first-order chi connectivity index (χ1) is 9.03. The first kappa shape index (κ1) is 14.5. The SMILES string of the molecule is CCOC(=O)c1cc(NC(=O)OC)n(C(=O)OC)n1. The Morgan fingerprint density at radius 1 is 1.32 bits per heavy atom. The fourth-order valence-electron chi connectivity index (χ4n) is 1.16. The van der Waals surface area contributed by atoms with E-state index in [9.17, 15) is 14.4 Å². The number of anilines is 1. The highest BCUT2D eigenvalue weighted by atomic mass is 16.5. The number of carbonyl (C=O) groups excluding carboxylic acids is 3. The van der Waals surface area contributed by atoms with Crippen molar-refractivity contribution in [2.75, 3.05) is 26.1 Å². The zero-order valence-corrected chi connectivity index (χ0v) is 10.6. The molecule has 1 heterocycles. The van der Waals surface area contributed by atoms with Crippen molar-refractivity contribution in [3.05, 3.63) is 11.8 Å². The zero-order valence-electron chi connectivity index (χ0n) is 10.6. The number of aromatic nitrogens is 2. The van der Waals surface area contributed by atoms with E-state index in [1.165, 1.54) is 6.07 Å². The molecule has 1 rings (SSSR count). The Morgan fingerprint density at radius 3 is 2.53 bits per heavy atom. The van der Waals surface area contributed by atoms with Crippen LogP contribution in [0.1, 0.15) is 17.4 Å². The molecule has 0 saturated heterocycles. The second-order valence-corrected chi connectivity index (χ2v) is 3.13. The number of methoxy groups -OCH3 is 2. The monoisotopic (exact) mass is 271 g/mol. The minimum absolute atomic E-state index is 0.0678. The molecule has 19 heavy (non-hydrogen) atoms. The fraction of sp³-hybridized carbons (Fsp3) is 0.400. The quantitative estimate of drug-likeness (QED) is 0.641. The van der Waals surface area contributed by atoms with Crippen LogP contribution >= 0.6 is 0 Å². The molecular formula is C10H13N3O6. The van der Waals surface area contributed by atoms with Crippen molar-refractivity contribution in [3.8, 4) is 0 Å². The van der Waals surface area contributed by atoms with Crippen LogP contribution in [-0.4, -0.2) is 48.8 Å². The number of rotatable bonds is 3. The van der Waals surface area contributed by atoms with Crippen molar-refractivity contribution >= 4 is 24.0 Å². The summed E-state index contributed by atoms with van der Waals surface area (Å²) in [6.45, 7) is 1.78. The summed E-state index contributed by atoms with van der Waals surface area (Å²) in [5.74, 6) is -0.792. The standard InChI is InChI=1S/C10H13N3O6/c1-4-19-8(14)6-5-7(11-9(15)17-2)13(12-6)10(16)18-3/h5H,4H2,1-3H3,(H,11,15). The van der Waals surface area contributed by atoms with Gasteiger partial charge in [0.05, 0.1) is 20.8 Å². The van der Waals surface area contributed by atoms with Crippen LogP contribution in [0.25, 0.3) is 0 Å². The van der Waals surface area contributed by atoms with Gasteiger partial charge in [-0.25, -0.2) is 14.4 Å². The third-order valence-electron chi connectivity index (χ3n) is 1.96. The predicted octanol–water partition coefficient (Wildman–Crippen LogP) is 0.853. The average Bonchev–Trinajstić information content (AvgIpc) is 2.82. The van der Waals surface area contributed by atoms with Gasteiger partial charge >= 0.3 is 18.2 Å². The minimum atomic E-state index is -0.873. The predicted molar refractivity (Wildman–Crippen MR) is 62.0 cm³/mol. The molecule has 104 valence electrons. The molecule has 1 aromatic rings. The summed E-state index contributed by atoms with van der Waals surface area (Å²) in [5.41, 5.74) is -0.140. The third-order valence-corrected chi connectivity index (χ3v) is 1.96. The second-order valence-electron chi connectivity index (χ2n) is 3.13. The van der Waals surface area contributed by atoms with Gasteiger partial charge in [-0.3, -0.25) is 5.32 Å². The first-order valence-corrected chi connectivity index (χ1v) is 5.24. The molecule has 0 bridgehead atoms. The van der Waals surface area contributed by atoms with Gasteiger partial charge in [-0.15, -0.1) is 4.68 Å². The lowest BCUT2D eigenvalue weighted by molar-refractivity contribution is 0.0518. The van der Waals surface area contributed by atoms with Crippen LogP contribution in [0.2, 0.25) is 0 Å². The maximum absolute atomic E-state index is 11.5. The van der Waals surface area contributed by atoms with Gasteiger partial charge in [0.25, 0.3) is 0 Å². The van der Waals surface area contributed by atoms with E-state index < -0.39 is 18.2 Å². The van der Waals surface area contributed by atoms with Crippen LogP contribution in [0.5, 0.6) is 0 Å². The number of amides is 1. The largest absolute Gasteiger partial charge is 0.461 e. The molecule has 1 N–H and O–H groups in total. The lowest BCUT2D eigenvalue weighted by Gasteiger charge is -2.04. The van der Waals surface area contributed by atoms with E-state index in [-0.39, 0.29) is 18.1 Å². The third kappa shape index (κ3) is 3.44. The molecule has 0 aliphatic carbocycles. The molecule has 0 saturated carbocycles. The Balaban J connectivity index is 3.08. The Hall–Kier alpha value is -2.58. The molecule has 0 fully saturated rings. The van der Waals surface area contributed by atoms with E-state index in [2.05, 4.69) is 19.9 Å². The minimum Gasteiger partial charge on any atom is -0.461 e. The number of nitrogens with one attached hydrogen (secondary N) is 1. The molecule has 9 nitrogen and oxygen atoms in total. The van der Waals surface area contributed by atoms with Crippen LogP contribution in [0, 0.1) is 0 Å². The Bertz CT molecular complexity index is 495. The Kier molecular flexibility index (Phi) is 4.86. The lowest BCUT2D eigenvalue weighted by atomic mass is 10.4. The summed E-state index contributed by atoms with van der Waals surface area (Å²) < 4.78 is 14.3. The maximum atomic E-state index is 11.5. The van der Waals surface area contributed by atoms with E-state index in [1.54, 1.807) is 6.92 Å². The highest BCUT2D eigenvalue weighted by Gasteiger charge is 2.21. The van der Waals surface area contributed by atoms with Crippen molar-refractivity contribution in [2.24, 2.45) is 0 Å². The number of esters is 1. The molecule has 0 unspecified atom stereocenters. The van der Waals surface area contributed by atoms with E-state index in [0.29, 0.717) is 4.68 Å². The van der Waals surface area contributed by atoms with E-state index in [4.69, 9.17) is 4.74 Å². The molecule has 0 aliphatic rings. The van der Waals surface area contributed by atoms with E-state index in [0.717, 1.165) is 14.2 Å². The van der Waals surface area contributed by atoms with Crippen LogP contribution in [0.3, 0.4) is 0 Å². The van der Waals surface area contributed by atoms with Gasteiger partial charge in [-0.1, -0.05) is 0 Å². The van der Waals surface area contributed by atoms with Gasteiger partial charge in [0.15, 0.2) is 5.69 Å². The van der Waals surface area contributed by atoms with Gasteiger partial charge in [-0.2, -0.15) is 5.10 Å². The van der Waals surface area contributed by atoms with Crippen molar-refractivity contribution < 1.29 is 28.6 Å².